The van der Waals surface area contributed by atoms with Crippen LogP contribution in [0.15, 0.2) is 21.4 Å². The van der Waals surface area contributed by atoms with Gasteiger partial charge in [0.1, 0.15) is 18.1 Å². The third-order valence-electron chi connectivity index (χ3n) is 1.24. The van der Waals surface area contributed by atoms with Crippen LogP contribution in [0.25, 0.3) is 0 Å². The first-order valence-electron chi connectivity index (χ1n) is 2.92. The van der Waals surface area contributed by atoms with Crippen LogP contribution in [0.4, 0.5) is 0 Å². The van der Waals surface area contributed by atoms with Gasteiger partial charge in [-0.2, -0.15) is 4.37 Å². The molecule has 4 heteroatoms. The largest absolute Gasteiger partial charge is 0.267 e. The lowest BCUT2D eigenvalue weighted by molar-refractivity contribution is 1.10. The summed E-state index contributed by atoms with van der Waals surface area (Å²) in [7, 11) is 0. The van der Waals surface area contributed by atoms with E-state index in [-0.39, 0.29) is 0 Å². The van der Waals surface area contributed by atoms with Crippen molar-refractivity contribution in [1.82, 2.24) is 4.37 Å². The molecular weight excluding hydrogens is 146 g/mol. The Hall–Kier alpha value is -1.03. The lowest BCUT2D eigenvalue weighted by Gasteiger charge is -1.84. The minimum atomic E-state index is 0.562. The second-order valence-electron chi connectivity index (χ2n) is 1.88. The van der Waals surface area contributed by atoms with E-state index in [0.29, 0.717) is 6.67 Å². The van der Waals surface area contributed by atoms with Gasteiger partial charge in [-0.05, 0) is 17.6 Å². The Bertz CT molecular complexity index is 273. The molecule has 1 aliphatic rings. The van der Waals surface area contributed by atoms with Crippen LogP contribution in [-0.2, 0) is 0 Å². The van der Waals surface area contributed by atoms with Crippen LogP contribution in [0.5, 0.6) is 0 Å². The highest BCUT2D eigenvalue weighted by molar-refractivity contribution is 7.03. The Kier molecular flexibility index (Phi) is 1.32. The summed E-state index contributed by atoms with van der Waals surface area (Å²) in [5.74, 6) is 0. The Morgan fingerprint density at radius 2 is 2.50 bits per heavy atom. The highest BCUT2D eigenvalue weighted by Crippen LogP contribution is 2.03. The number of hydrogen-bond acceptors (Lipinski definition) is 4. The highest BCUT2D eigenvalue weighted by Gasteiger charge is 2.04. The number of aromatic nitrogens is 1. The average Bonchev–Trinajstić information content (AvgIpc) is 2.59. The molecule has 0 saturated carbocycles. The number of hydrogen-bond donors (Lipinski definition) is 0. The van der Waals surface area contributed by atoms with Crippen molar-refractivity contribution in [2.45, 2.75) is 0 Å². The van der Waals surface area contributed by atoms with Gasteiger partial charge in [-0.3, -0.25) is 9.98 Å². The van der Waals surface area contributed by atoms with Crippen molar-refractivity contribution in [1.29, 1.82) is 0 Å². The standard InChI is InChI=1S/C6H5N3S/c1-2-10-9-5(1)6-3-7-4-8-6/h1-3H,4H2. The number of nitrogens with zero attached hydrogens (tertiary/aromatic N) is 3. The van der Waals surface area contributed by atoms with Crippen molar-refractivity contribution in [3.63, 3.8) is 0 Å². The molecule has 0 spiro atoms. The van der Waals surface area contributed by atoms with Crippen molar-refractivity contribution < 1.29 is 0 Å². The normalized spacial score (nSPS) is 15.8. The van der Waals surface area contributed by atoms with Crippen LogP contribution in [0.1, 0.15) is 5.69 Å². The molecular formula is C6H5N3S. The third kappa shape index (κ3) is 0.863. The molecule has 0 amide bonds. The van der Waals surface area contributed by atoms with Gasteiger partial charge in [0.25, 0.3) is 0 Å². The molecule has 0 aliphatic carbocycles. The van der Waals surface area contributed by atoms with Gasteiger partial charge in [-0.1, -0.05) is 0 Å². The molecule has 1 aromatic rings. The van der Waals surface area contributed by atoms with Gasteiger partial charge in [0.2, 0.25) is 0 Å². The Morgan fingerprint density at radius 3 is 3.10 bits per heavy atom. The quantitative estimate of drug-likeness (QED) is 0.589. The summed E-state index contributed by atoms with van der Waals surface area (Å²) in [5, 5.41) is 1.93. The average molecular weight is 151 g/mol. The maximum Gasteiger partial charge on any atom is 0.130 e. The van der Waals surface area contributed by atoms with Gasteiger partial charge in [0, 0.05) is 5.38 Å². The minimum Gasteiger partial charge on any atom is -0.267 e. The van der Waals surface area contributed by atoms with E-state index in [0.717, 1.165) is 11.4 Å². The first kappa shape index (κ1) is 5.73. The van der Waals surface area contributed by atoms with Gasteiger partial charge in [0.15, 0.2) is 0 Å². The molecule has 0 aromatic carbocycles. The van der Waals surface area contributed by atoms with E-state index in [9.17, 15) is 0 Å². The Balaban J connectivity index is 2.36. The Morgan fingerprint density at radius 1 is 1.50 bits per heavy atom. The van der Waals surface area contributed by atoms with E-state index in [2.05, 4.69) is 14.4 Å². The molecule has 0 bridgehead atoms. The number of aliphatic imine (C=N–C) groups is 2. The van der Waals surface area contributed by atoms with Crippen molar-refractivity contribution >= 4 is 23.5 Å². The smallest absolute Gasteiger partial charge is 0.130 e. The summed E-state index contributed by atoms with van der Waals surface area (Å²) in [6.07, 6.45) is 1.76. The van der Waals surface area contributed by atoms with E-state index in [1.807, 2.05) is 11.4 Å². The fourth-order valence-corrected chi connectivity index (χ4v) is 1.30. The van der Waals surface area contributed by atoms with Gasteiger partial charge >= 0.3 is 0 Å². The van der Waals surface area contributed by atoms with Crippen molar-refractivity contribution in [3.8, 4) is 0 Å². The summed E-state index contributed by atoms with van der Waals surface area (Å²) in [6, 6.07) is 1.95. The molecule has 0 radical (unpaired) electrons. The van der Waals surface area contributed by atoms with Gasteiger partial charge in [0.05, 0.1) is 6.21 Å². The molecule has 0 fully saturated rings. The summed E-state index contributed by atoms with van der Waals surface area (Å²) >= 11 is 1.43. The van der Waals surface area contributed by atoms with E-state index < -0.39 is 0 Å². The molecule has 0 atom stereocenters. The zero-order valence-electron chi connectivity index (χ0n) is 5.19. The first-order chi connectivity index (χ1) is 4.97. The fourth-order valence-electron chi connectivity index (χ4n) is 0.777. The Labute approximate surface area is 62.3 Å². The van der Waals surface area contributed by atoms with E-state index in [1.54, 1.807) is 6.21 Å². The summed E-state index contributed by atoms with van der Waals surface area (Å²) in [6.45, 7) is 0.562. The van der Waals surface area contributed by atoms with Crippen LogP contribution >= 0.6 is 11.5 Å². The third-order valence-corrected chi connectivity index (χ3v) is 1.80. The summed E-state index contributed by atoms with van der Waals surface area (Å²) in [5.41, 5.74) is 1.84. The van der Waals surface area contributed by atoms with Crippen molar-refractivity contribution in [2.24, 2.45) is 9.98 Å². The summed E-state index contributed by atoms with van der Waals surface area (Å²) in [4.78, 5) is 8.07. The maximum absolute atomic E-state index is 4.12. The maximum atomic E-state index is 4.12. The van der Waals surface area contributed by atoms with Gasteiger partial charge in [-0.25, -0.2) is 0 Å². The van der Waals surface area contributed by atoms with Crippen LogP contribution in [0.3, 0.4) is 0 Å². The SMILES string of the molecule is C1=NCN=C1c1ccsn1. The molecule has 10 heavy (non-hydrogen) atoms. The molecule has 1 aromatic heterocycles. The minimum absolute atomic E-state index is 0.562. The fraction of sp³-hybridized carbons (Fsp3) is 0.167. The lowest BCUT2D eigenvalue weighted by atomic mass is 10.3. The molecule has 0 N–H and O–H groups in total. The number of rotatable bonds is 1. The van der Waals surface area contributed by atoms with Crippen molar-refractivity contribution in [2.75, 3.05) is 6.67 Å². The zero-order valence-corrected chi connectivity index (χ0v) is 6.01. The molecule has 0 saturated heterocycles. The predicted molar refractivity (Wildman–Crippen MR) is 42.0 cm³/mol. The molecule has 2 rings (SSSR count). The topological polar surface area (TPSA) is 37.6 Å². The van der Waals surface area contributed by atoms with Crippen LogP contribution < -0.4 is 0 Å². The van der Waals surface area contributed by atoms with Crippen molar-refractivity contribution in [3.05, 3.63) is 17.1 Å². The lowest BCUT2D eigenvalue weighted by Crippen LogP contribution is -1.97. The molecule has 0 unspecified atom stereocenters. The summed E-state index contributed by atoms with van der Waals surface area (Å²) < 4.78 is 4.12. The second-order valence-corrected chi connectivity index (χ2v) is 2.55. The van der Waals surface area contributed by atoms with E-state index in [1.165, 1.54) is 11.5 Å². The van der Waals surface area contributed by atoms with E-state index in [4.69, 9.17) is 0 Å². The first-order valence-corrected chi connectivity index (χ1v) is 3.75. The van der Waals surface area contributed by atoms with Gasteiger partial charge in [-0.15, -0.1) is 0 Å². The predicted octanol–water partition coefficient (Wildman–Crippen LogP) is 0.974. The van der Waals surface area contributed by atoms with E-state index >= 15 is 0 Å². The van der Waals surface area contributed by atoms with Crippen LogP contribution in [0.2, 0.25) is 0 Å². The molecule has 50 valence electrons. The molecule has 3 nitrogen and oxygen atoms in total. The molecule has 2 heterocycles. The van der Waals surface area contributed by atoms with Gasteiger partial charge < -0.3 is 0 Å². The van der Waals surface area contributed by atoms with Crippen LogP contribution in [-0.4, -0.2) is 23.0 Å². The van der Waals surface area contributed by atoms with Crippen LogP contribution in [0, 0.1) is 0 Å². The molecule has 1 aliphatic heterocycles. The zero-order chi connectivity index (χ0) is 6.81. The highest BCUT2D eigenvalue weighted by atomic mass is 32.1. The second kappa shape index (κ2) is 2.30. The monoisotopic (exact) mass is 151 g/mol.